The first-order chi connectivity index (χ1) is 14.6. The molecule has 0 heterocycles. The Kier molecular flexibility index (Phi) is 8.50. The molecule has 0 saturated heterocycles. The molecule has 0 aromatic heterocycles. The van der Waals surface area contributed by atoms with Crippen LogP contribution in [0.1, 0.15) is 47.9 Å². The number of rotatable bonds is 8. The van der Waals surface area contributed by atoms with Gasteiger partial charge in [-0.25, -0.2) is 8.78 Å². The summed E-state index contributed by atoms with van der Waals surface area (Å²) in [5.41, 5.74) is -0.192. The van der Waals surface area contributed by atoms with Crippen molar-refractivity contribution in [3.8, 4) is 0 Å². The van der Waals surface area contributed by atoms with Gasteiger partial charge in [-0.15, -0.1) is 0 Å². The summed E-state index contributed by atoms with van der Waals surface area (Å²) >= 11 is 6.16. The summed E-state index contributed by atoms with van der Waals surface area (Å²) in [5.74, 6) is -4.39. The molecule has 0 fully saturated rings. The van der Waals surface area contributed by atoms with E-state index in [-0.39, 0.29) is 22.4 Å². The van der Waals surface area contributed by atoms with Gasteiger partial charge in [0.05, 0.1) is 10.6 Å². The van der Waals surface area contributed by atoms with Gasteiger partial charge in [0.15, 0.2) is 0 Å². The first kappa shape index (κ1) is 24.3. The molecule has 0 bridgehead atoms. The Morgan fingerprint density at radius 3 is 2.23 bits per heavy atom. The third-order valence-corrected chi connectivity index (χ3v) is 4.76. The number of nitrogens with one attached hydrogen (secondary N) is 3. The van der Waals surface area contributed by atoms with Gasteiger partial charge >= 0.3 is 0 Å². The molecule has 166 valence electrons. The molecule has 1 atom stereocenters. The van der Waals surface area contributed by atoms with Crippen LogP contribution in [-0.4, -0.2) is 30.3 Å². The van der Waals surface area contributed by atoms with Gasteiger partial charge in [0.1, 0.15) is 23.2 Å². The maximum absolute atomic E-state index is 13.9. The first-order valence-corrected chi connectivity index (χ1v) is 10.2. The standard InChI is InChI=1S/C22H24ClF2N3O3/c1-4-10-26-20(29)14-9-8-13(11-15(14)23)27-22(31)19(12(2)3)28-21(30)18-16(24)6-5-7-17(18)25/h5-9,11-12,19H,4,10H2,1-3H3,(H,26,29)(H,27,31)(H,28,30)/t19-/m0/s1. The summed E-state index contributed by atoms with van der Waals surface area (Å²) in [6.45, 7) is 5.78. The van der Waals surface area contributed by atoms with Crippen molar-refractivity contribution in [1.82, 2.24) is 10.6 Å². The molecule has 0 unspecified atom stereocenters. The number of amides is 3. The monoisotopic (exact) mass is 451 g/mol. The van der Waals surface area contributed by atoms with Crippen molar-refractivity contribution in [2.75, 3.05) is 11.9 Å². The Morgan fingerprint density at radius 1 is 1.03 bits per heavy atom. The molecule has 2 aromatic carbocycles. The molecule has 0 aliphatic heterocycles. The Bertz CT molecular complexity index is 962. The molecule has 31 heavy (non-hydrogen) atoms. The van der Waals surface area contributed by atoms with Gasteiger partial charge < -0.3 is 16.0 Å². The molecule has 6 nitrogen and oxygen atoms in total. The average Bonchev–Trinajstić information content (AvgIpc) is 2.69. The zero-order chi connectivity index (χ0) is 23.1. The number of hydrogen-bond acceptors (Lipinski definition) is 3. The molecule has 2 rings (SSSR count). The zero-order valence-electron chi connectivity index (χ0n) is 17.4. The summed E-state index contributed by atoms with van der Waals surface area (Å²) in [5, 5.41) is 7.83. The van der Waals surface area contributed by atoms with Gasteiger partial charge in [0, 0.05) is 12.2 Å². The molecule has 2 aromatic rings. The van der Waals surface area contributed by atoms with E-state index in [0.717, 1.165) is 24.6 Å². The van der Waals surface area contributed by atoms with Crippen LogP contribution >= 0.6 is 11.6 Å². The molecular weight excluding hydrogens is 428 g/mol. The van der Waals surface area contributed by atoms with Crippen LogP contribution in [0, 0.1) is 17.6 Å². The van der Waals surface area contributed by atoms with Crippen LogP contribution in [0.2, 0.25) is 5.02 Å². The Hall–Kier alpha value is -3.00. The molecule has 9 heteroatoms. The van der Waals surface area contributed by atoms with E-state index in [1.165, 1.54) is 18.2 Å². The largest absolute Gasteiger partial charge is 0.352 e. The first-order valence-electron chi connectivity index (χ1n) is 9.79. The lowest BCUT2D eigenvalue weighted by molar-refractivity contribution is -0.118. The van der Waals surface area contributed by atoms with E-state index in [1.54, 1.807) is 13.8 Å². The molecule has 3 amide bonds. The molecule has 0 radical (unpaired) electrons. The summed E-state index contributed by atoms with van der Waals surface area (Å²) in [6.07, 6.45) is 0.774. The molecule has 3 N–H and O–H groups in total. The van der Waals surface area contributed by atoms with Crippen LogP contribution in [0.25, 0.3) is 0 Å². The van der Waals surface area contributed by atoms with E-state index in [2.05, 4.69) is 16.0 Å². The fraction of sp³-hybridized carbons (Fsp3) is 0.318. The average molecular weight is 452 g/mol. The molecule has 0 aliphatic rings. The van der Waals surface area contributed by atoms with Crippen LogP contribution in [0.3, 0.4) is 0 Å². The normalized spacial score (nSPS) is 11.7. The second-order valence-electron chi connectivity index (χ2n) is 7.23. The summed E-state index contributed by atoms with van der Waals surface area (Å²) in [7, 11) is 0. The van der Waals surface area contributed by atoms with Gasteiger partial charge in [0.2, 0.25) is 5.91 Å². The SMILES string of the molecule is CCCNC(=O)c1ccc(NC(=O)[C@@H](NC(=O)c2c(F)cccc2F)C(C)C)cc1Cl. The zero-order valence-corrected chi connectivity index (χ0v) is 18.1. The quantitative estimate of drug-likeness (QED) is 0.563. The fourth-order valence-corrected chi connectivity index (χ4v) is 3.06. The van der Waals surface area contributed by atoms with Crippen molar-refractivity contribution in [1.29, 1.82) is 0 Å². The van der Waals surface area contributed by atoms with Crippen LogP contribution < -0.4 is 16.0 Å². The third kappa shape index (κ3) is 6.24. The van der Waals surface area contributed by atoms with E-state index in [9.17, 15) is 23.2 Å². The predicted molar refractivity (Wildman–Crippen MR) is 115 cm³/mol. The maximum Gasteiger partial charge on any atom is 0.257 e. The lowest BCUT2D eigenvalue weighted by Crippen LogP contribution is -2.47. The highest BCUT2D eigenvalue weighted by molar-refractivity contribution is 6.34. The van der Waals surface area contributed by atoms with Crippen LogP contribution in [0.5, 0.6) is 0 Å². The van der Waals surface area contributed by atoms with E-state index in [0.29, 0.717) is 12.2 Å². The minimum absolute atomic E-state index is 0.143. The van der Waals surface area contributed by atoms with Gasteiger partial charge in [-0.2, -0.15) is 0 Å². The minimum atomic E-state index is -1.07. The van der Waals surface area contributed by atoms with Gasteiger partial charge in [-0.05, 0) is 42.7 Å². The number of anilines is 1. The van der Waals surface area contributed by atoms with Gasteiger partial charge in [-0.1, -0.05) is 38.4 Å². The Morgan fingerprint density at radius 2 is 1.68 bits per heavy atom. The fourth-order valence-electron chi connectivity index (χ4n) is 2.79. The van der Waals surface area contributed by atoms with Crippen molar-refractivity contribution in [3.05, 3.63) is 64.2 Å². The smallest absolute Gasteiger partial charge is 0.257 e. The Labute approximate surface area is 184 Å². The van der Waals surface area contributed by atoms with Gasteiger partial charge in [0.25, 0.3) is 11.8 Å². The van der Waals surface area contributed by atoms with Crippen molar-refractivity contribution in [2.45, 2.75) is 33.2 Å². The highest BCUT2D eigenvalue weighted by Crippen LogP contribution is 2.22. The molecule has 0 saturated carbocycles. The van der Waals surface area contributed by atoms with Crippen molar-refractivity contribution in [2.24, 2.45) is 5.92 Å². The number of hydrogen-bond donors (Lipinski definition) is 3. The number of halogens is 3. The highest BCUT2D eigenvalue weighted by Gasteiger charge is 2.27. The Balaban J connectivity index is 2.15. The lowest BCUT2D eigenvalue weighted by Gasteiger charge is -2.22. The second-order valence-corrected chi connectivity index (χ2v) is 7.64. The topological polar surface area (TPSA) is 87.3 Å². The lowest BCUT2D eigenvalue weighted by atomic mass is 10.0. The van der Waals surface area contributed by atoms with Crippen molar-refractivity contribution < 1.29 is 23.2 Å². The molecule has 0 spiro atoms. The van der Waals surface area contributed by atoms with E-state index in [1.807, 2.05) is 6.92 Å². The highest BCUT2D eigenvalue weighted by atomic mass is 35.5. The molecular formula is C22H24ClF2N3O3. The van der Waals surface area contributed by atoms with Crippen LogP contribution in [0.15, 0.2) is 36.4 Å². The van der Waals surface area contributed by atoms with Crippen LogP contribution in [0.4, 0.5) is 14.5 Å². The molecule has 0 aliphatic carbocycles. The van der Waals surface area contributed by atoms with E-state index < -0.39 is 35.1 Å². The van der Waals surface area contributed by atoms with E-state index in [4.69, 9.17) is 11.6 Å². The maximum atomic E-state index is 13.9. The number of carbonyl (C=O) groups is 3. The number of carbonyl (C=O) groups excluding carboxylic acids is 3. The third-order valence-electron chi connectivity index (χ3n) is 4.44. The van der Waals surface area contributed by atoms with Gasteiger partial charge in [-0.3, -0.25) is 14.4 Å². The van der Waals surface area contributed by atoms with E-state index >= 15 is 0 Å². The van der Waals surface area contributed by atoms with Crippen LogP contribution in [-0.2, 0) is 4.79 Å². The van der Waals surface area contributed by atoms with Crippen molar-refractivity contribution >= 4 is 35.0 Å². The predicted octanol–water partition coefficient (Wildman–Crippen LogP) is 4.15. The summed E-state index contributed by atoms with van der Waals surface area (Å²) in [6, 6.07) is 6.38. The van der Waals surface area contributed by atoms with Crippen molar-refractivity contribution in [3.63, 3.8) is 0 Å². The minimum Gasteiger partial charge on any atom is -0.352 e. The second kappa shape index (κ2) is 10.9. The summed E-state index contributed by atoms with van der Waals surface area (Å²) in [4.78, 5) is 37.2. The summed E-state index contributed by atoms with van der Waals surface area (Å²) < 4.78 is 27.8. The number of benzene rings is 2.